The summed E-state index contributed by atoms with van der Waals surface area (Å²) >= 11 is 0. The Labute approximate surface area is 165 Å². The van der Waals surface area contributed by atoms with E-state index >= 15 is 0 Å². The summed E-state index contributed by atoms with van der Waals surface area (Å²) in [6.45, 7) is 7.55. The van der Waals surface area contributed by atoms with Gasteiger partial charge in [0.15, 0.2) is 0 Å². The number of amides is 1. The standard InChI is InChI=1S/C19H25N5O2.ClH/c1-12-10-14-15(11-13(12)2)21-19(22-17(14)20)24-7-5-23(6-8-24)18(25)16-4-3-9-26-16;/h10-11,16H,3-9H2,1-2H3,(H2,20,21,22);1H. The van der Waals surface area contributed by atoms with E-state index < -0.39 is 0 Å². The smallest absolute Gasteiger partial charge is 0.251 e. The summed E-state index contributed by atoms with van der Waals surface area (Å²) in [5.41, 5.74) is 9.42. The number of nitrogens with zero attached hydrogens (tertiary/aromatic N) is 4. The van der Waals surface area contributed by atoms with Gasteiger partial charge < -0.3 is 20.3 Å². The first-order valence-electron chi connectivity index (χ1n) is 9.23. The molecular formula is C19H26ClN5O2. The van der Waals surface area contributed by atoms with E-state index in [0.717, 1.165) is 23.7 Å². The molecule has 0 bridgehead atoms. The number of nitrogen functional groups attached to an aromatic ring is 1. The van der Waals surface area contributed by atoms with Crippen molar-refractivity contribution in [2.75, 3.05) is 43.4 Å². The van der Waals surface area contributed by atoms with Crippen molar-refractivity contribution in [3.05, 3.63) is 23.3 Å². The van der Waals surface area contributed by atoms with Crippen molar-refractivity contribution in [3.8, 4) is 0 Å². The normalized spacial score (nSPS) is 20.0. The molecule has 2 aromatic rings. The minimum absolute atomic E-state index is 0. The Morgan fingerprint density at radius 3 is 2.52 bits per heavy atom. The lowest BCUT2D eigenvalue weighted by Gasteiger charge is -2.35. The lowest BCUT2D eigenvalue weighted by Crippen LogP contribution is -2.51. The molecule has 1 amide bonds. The van der Waals surface area contributed by atoms with Crippen molar-refractivity contribution in [3.63, 3.8) is 0 Å². The van der Waals surface area contributed by atoms with Gasteiger partial charge in [0, 0.05) is 38.2 Å². The Balaban J connectivity index is 0.00000210. The van der Waals surface area contributed by atoms with Crippen molar-refractivity contribution in [1.82, 2.24) is 14.9 Å². The largest absolute Gasteiger partial charge is 0.383 e. The maximum atomic E-state index is 12.5. The number of aromatic nitrogens is 2. The number of hydrogen-bond acceptors (Lipinski definition) is 6. The molecule has 0 radical (unpaired) electrons. The van der Waals surface area contributed by atoms with Gasteiger partial charge in [0.1, 0.15) is 11.9 Å². The highest BCUT2D eigenvalue weighted by Crippen LogP contribution is 2.25. The molecule has 2 aliphatic rings. The van der Waals surface area contributed by atoms with Crippen LogP contribution >= 0.6 is 12.4 Å². The van der Waals surface area contributed by atoms with Crippen LogP contribution < -0.4 is 10.6 Å². The first-order valence-corrected chi connectivity index (χ1v) is 9.23. The van der Waals surface area contributed by atoms with Gasteiger partial charge in [-0.25, -0.2) is 4.98 Å². The number of anilines is 2. The summed E-state index contributed by atoms with van der Waals surface area (Å²) in [4.78, 5) is 25.7. The van der Waals surface area contributed by atoms with Gasteiger partial charge in [0.25, 0.3) is 5.91 Å². The highest BCUT2D eigenvalue weighted by atomic mass is 35.5. The average Bonchev–Trinajstić information content (AvgIpc) is 3.17. The fourth-order valence-electron chi connectivity index (χ4n) is 3.64. The molecule has 8 heteroatoms. The van der Waals surface area contributed by atoms with E-state index in [1.165, 1.54) is 11.1 Å². The minimum Gasteiger partial charge on any atom is -0.383 e. The van der Waals surface area contributed by atoms with Gasteiger partial charge in [0.2, 0.25) is 5.95 Å². The van der Waals surface area contributed by atoms with Crippen molar-refractivity contribution in [2.45, 2.75) is 32.8 Å². The third kappa shape index (κ3) is 3.80. The second kappa shape index (κ2) is 7.86. The summed E-state index contributed by atoms with van der Waals surface area (Å²) in [6, 6.07) is 4.10. The number of aryl methyl sites for hydroxylation is 2. The van der Waals surface area contributed by atoms with E-state index in [1.54, 1.807) is 0 Å². The summed E-state index contributed by atoms with van der Waals surface area (Å²) in [6.07, 6.45) is 1.56. The Hall–Kier alpha value is -2.12. The van der Waals surface area contributed by atoms with Crippen LogP contribution in [-0.2, 0) is 9.53 Å². The Morgan fingerprint density at radius 2 is 1.85 bits per heavy atom. The van der Waals surface area contributed by atoms with Crippen LogP contribution in [0.3, 0.4) is 0 Å². The third-order valence-corrected chi connectivity index (χ3v) is 5.41. The van der Waals surface area contributed by atoms with E-state index in [-0.39, 0.29) is 24.4 Å². The third-order valence-electron chi connectivity index (χ3n) is 5.41. The molecule has 0 saturated carbocycles. The second-order valence-corrected chi connectivity index (χ2v) is 7.18. The van der Waals surface area contributed by atoms with E-state index in [1.807, 2.05) is 11.0 Å². The quantitative estimate of drug-likeness (QED) is 0.843. The van der Waals surface area contributed by atoms with E-state index in [4.69, 9.17) is 15.5 Å². The van der Waals surface area contributed by atoms with Crippen molar-refractivity contribution in [2.24, 2.45) is 0 Å². The molecule has 1 aromatic carbocycles. The summed E-state index contributed by atoms with van der Waals surface area (Å²) in [5, 5.41) is 0.893. The lowest BCUT2D eigenvalue weighted by molar-refractivity contribution is -0.141. The van der Waals surface area contributed by atoms with Crippen molar-refractivity contribution in [1.29, 1.82) is 0 Å². The molecule has 146 valence electrons. The zero-order valence-corrected chi connectivity index (χ0v) is 16.6. The Kier molecular flexibility index (Phi) is 5.72. The zero-order chi connectivity index (χ0) is 18.3. The molecule has 7 nitrogen and oxygen atoms in total. The van der Waals surface area contributed by atoms with Gasteiger partial charge in [-0.15, -0.1) is 12.4 Å². The van der Waals surface area contributed by atoms with Gasteiger partial charge in [-0.1, -0.05) is 0 Å². The van der Waals surface area contributed by atoms with Crippen LogP contribution in [0.15, 0.2) is 12.1 Å². The van der Waals surface area contributed by atoms with E-state index in [9.17, 15) is 4.79 Å². The number of rotatable bonds is 2. The molecule has 2 saturated heterocycles. The molecule has 4 rings (SSSR count). The molecule has 1 aromatic heterocycles. The maximum absolute atomic E-state index is 12.5. The number of nitrogens with two attached hydrogens (primary N) is 1. The number of ether oxygens (including phenoxy) is 1. The number of benzene rings is 1. The number of hydrogen-bond donors (Lipinski definition) is 1. The fourth-order valence-corrected chi connectivity index (χ4v) is 3.64. The van der Waals surface area contributed by atoms with Gasteiger partial charge in [0.05, 0.1) is 5.52 Å². The number of halogens is 1. The lowest BCUT2D eigenvalue weighted by atomic mass is 10.1. The number of carbonyl (C=O) groups is 1. The highest BCUT2D eigenvalue weighted by Gasteiger charge is 2.30. The minimum atomic E-state index is -0.250. The molecule has 1 unspecified atom stereocenters. The summed E-state index contributed by atoms with van der Waals surface area (Å²) in [7, 11) is 0. The average molecular weight is 392 g/mol. The van der Waals surface area contributed by atoms with Crippen molar-refractivity contribution < 1.29 is 9.53 Å². The van der Waals surface area contributed by atoms with Crippen LogP contribution in [0.2, 0.25) is 0 Å². The van der Waals surface area contributed by atoms with Gasteiger partial charge in [-0.3, -0.25) is 4.79 Å². The molecular weight excluding hydrogens is 366 g/mol. The molecule has 0 spiro atoms. The summed E-state index contributed by atoms with van der Waals surface area (Å²) < 4.78 is 5.52. The topological polar surface area (TPSA) is 84.6 Å². The highest BCUT2D eigenvalue weighted by molar-refractivity contribution is 5.90. The van der Waals surface area contributed by atoms with E-state index in [2.05, 4.69) is 29.8 Å². The van der Waals surface area contributed by atoms with Crippen LogP contribution in [0.1, 0.15) is 24.0 Å². The molecule has 0 aliphatic carbocycles. The van der Waals surface area contributed by atoms with Gasteiger partial charge in [-0.2, -0.15) is 4.98 Å². The molecule has 27 heavy (non-hydrogen) atoms. The van der Waals surface area contributed by atoms with E-state index in [0.29, 0.717) is 44.6 Å². The Morgan fingerprint density at radius 1 is 1.15 bits per heavy atom. The van der Waals surface area contributed by atoms with Crippen LogP contribution in [-0.4, -0.2) is 59.7 Å². The molecule has 2 aliphatic heterocycles. The summed E-state index contributed by atoms with van der Waals surface area (Å²) in [5.74, 6) is 1.26. The van der Waals surface area contributed by atoms with Gasteiger partial charge >= 0.3 is 0 Å². The Bertz CT molecular complexity index is 846. The van der Waals surface area contributed by atoms with Crippen LogP contribution in [0.5, 0.6) is 0 Å². The number of piperazine rings is 1. The SMILES string of the molecule is Cc1cc2nc(N3CCN(C(=O)C4CCCO4)CC3)nc(N)c2cc1C.Cl. The maximum Gasteiger partial charge on any atom is 0.251 e. The van der Waals surface area contributed by atoms with Gasteiger partial charge in [-0.05, 0) is 49.9 Å². The first kappa shape index (κ1) is 19.6. The fraction of sp³-hybridized carbons (Fsp3) is 0.526. The number of fused-ring (bicyclic) bond motifs is 1. The monoisotopic (exact) mass is 391 g/mol. The predicted molar refractivity (Wildman–Crippen MR) is 108 cm³/mol. The molecule has 1 atom stereocenters. The first-order chi connectivity index (χ1) is 12.5. The predicted octanol–water partition coefficient (Wildman–Crippen LogP) is 2.08. The van der Waals surface area contributed by atoms with Crippen LogP contribution in [0.4, 0.5) is 11.8 Å². The van der Waals surface area contributed by atoms with Crippen LogP contribution in [0.25, 0.3) is 10.9 Å². The van der Waals surface area contributed by atoms with Crippen molar-refractivity contribution >= 4 is 41.0 Å². The molecule has 2 N–H and O–H groups in total. The zero-order valence-electron chi connectivity index (χ0n) is 15.8. The molecule has 2 fully saturated rings. The van der Waals surface area contributed by atoms with Crippen LogP contribution in [0, 0.1) is 13.8 Å². The molecule has 3 heterocycles. The second-order valence-electron chi connectivity index (χ2n) is 7.18. The number of carbonyl (C=O) groups excluding carboxylic acids is 1.